The lowest BCUT2D eigenvalue weighted by atomic mass is 9.86. The minimum atomic E-state index is -0.289. The highest BCUT2D eigenvalue weighted by Gasteiger charge is 2.60. The van der Waals surface area contributed by atoms with Crippen LogP contribution in [0.5, 0.6) is 11.5 Å². The number of phenols is 1. The fraction of sp³-hybridized carbons (Fsp3) is 0.375. The molecule has 1 aromatic carbocycles. The van der Waals surface area contributed by atoms with E-state index in [1.165, 1.54) is 5.70 Å². The summed E-state index contributed by atoms with van der Waals surface area (Å²) in [5, 5.41) is 10.6. The minimum Gasteiger partial charge on any atom is -0.504 e. The molecule has 3 rings (SSSR count). The summed E-state index contributed by atoms with van der Waals surface area (Å²) in [6.07, 6.45) is 4.78. The highest BCUT2D eigenvalue weighted by molar-refractivity contribution is 5.62. The Morgan fingerprint density at radius 2 is 1.95 bits per heavy atom. The van der Waals surface area contributed by atoms with Crippen LogP contribution in [0.4, 0.5) is 0 Å². The number of aromatic hydroxyl groups is 1. The first-order valence-electron chi connectivity index (χ1n) is 6.62. The van der Waals surface area contributed by atoms with E-state index in [2.05, 4.69) is 11.0 Å². The van der Waals surface area contributed by atoms with Crippen molar-refractivity contribution in [2.24, 2.45) is 0 Å². The zero-order chi connectivity index (χ0) is 14.5. The molecule has 106 valence electrons. The molecule has 4 nitrogen and oxygen atoms in total. The molecule has 1 aromatic rings. The summed E-state index contributed by atoms with van der Waals surface area (Å²) in [7, 11) is 5.29. The number of methoxy groups -OCH3 is 2. The molecular weight excluding hydrogens is 254 g/mol. The number of nitrogens with zero attached hydrogens (tertiary/aromatic N) is 1. The van der Waals surface area contributed by atoms with Crippen LogP contribution in [0.25, 0.3) is 0 Å². The van der Waals surface area contributed by atoms with Gasteiger partial charge in [-0.1, -0.05) is 6.07 Å². The molecule has 0 amide bonds. The topological polar surface area (TPSA) is 41.7 Å². The van der Waals surface area contributed by atoms with Gasteiger partial charge < -0.3 is 19.5 Å². The van der Waals surface area contributed by atoms with Crippen molar-refractivity contribution in [3.8, 4) is 11.5 Å². The third kappa shape index (κ3) is 1.48. The number of fused-ring (bicyclic) bond motifs is 1. The average Bonchev–Trinajstić information content (AvgIpc) is 3.04. The van der Waals surface area contributed by atoms with E-state index >= 15 is 0 Å². The van der Waals surface area contributed by atoms with Gasteiger partial charge in [-0.3, -0.25) is 0 Å². The predicted octanol–water partition coefficient (Wildman–Crippen LogP) is 2.67. The molecule has 0 saturated carbocycles. The summed E-state index contributed by atoms with van der Waals surface area (Å²) in [4.78, 5) is 2.18. The van der Waals surface area contributed by atoms with Gasteiger partial charge in [0.05, 0.1) is 20.0 Å². The summed E-state index contributed by atoms with van der Waals surface area (Å²) in [6.45, 7) is 2.01. The molecule has 0 spiro atoms. The monoisotopic (exact) mass is 273 g/mol. The van der Waals surface area contributed by atoms with Gasteiger partial charge in [-0.15, -0.1) is 0 Å². The lowest BCUT2D eigenvalue weighted by Gasteiger charge is -2.22. The van der Waals surface area contributed by atoms with E-state index in [4.69, 9.17) is 9.47 Å². The molecule has 1 N–H and O–H groups in total. The van der Waals surface area contributed by atoms with Gasteiger partial charge in [-0.25, -0.2) is 0 Å². The Balaban J connectivity index is 2.15. The van der Waals surface area contributed by atoms with Crippen molar-refractivity contribution in [1.29, 1.82) is 0 Å². The van der Waals surface area contributed by atoms with Crippen LogP contribution in [0.2, 0.25) is 0 Å². The van der Waals surface area contributed by atoms with Crippen molar-refractivity contribution in [2.45, 2.75) is 18.9 Å². The largest absolute Gasteiger partial charge is 0.504 e. The Morgan fingerprint density at radius 1 is 1.20 bits per heavy atom. The van der Waals surface area contributed by atoms with Crippen LogP contribution in [0.15, 0.2) is 35.7 Å². The maximum Gasteiger partial charge on any atom is 0.164 e. The fourth-order valence-corrected chi connectivity index (χ4v) is 3.25. The molecule has 1 unspecified atom stereocenters. The molecule has 0 radical (unpaired) electrons. The van der Waals surface area contributed by atoms with E-state index in [-0.39, 0.29) is 11.3 Å². The second kappa shape index (κ2) is 4.20. The zero-order valence-corrected chi connectivity index (χ0v) is 12.2. The normalized spacial score (nSPS) is 23.7. The molecule has 0 aromatic heterocycles. The van der Waals surface area contributed by atoms with Crippen LogP contribution in [-0.4, -0.2) is 31.3 Å². The van der Waals surface area contributed by atoms with Gasteiger partial charge in [0.2, 0.25) is 0 Å². The molecule has 1 heterocycles. The average molecular weight is 273 g/mol. The molecule has 1 atom stereocenters. The number of hydrogen-bond donors (Lipinski definition) is 1. The van der Waals surface area contributed by atoms with Crippen LogP contribution >= 0.6 is 0 Å². The standard InChI is InChI=1S/C16H19NO3/c1-10-5-7-12(20-4)15(18)14(10)16-9-11(19-3)6-8-13(16)17(16)2/h5-8,18H,9H2,1-4H3. The lowest BCUT2D eigenvalue weighted by Crippen LogP contribution is -2.18. The molecule has 1 saturated heterocycles. The Bertz CT molecular complexity index is 633. The first-order chi connectivity index (χ1) is 9.56. The number of likely N-dealkylation sites (N-methyl/N-ethyl adjacent to an activating group) is 1. The number of rotatable bonds is 3. The summed E-state index contributed by atoms with van der Waals surface area (Å²) in [6, 6.07) is 3.78. The first kappa shape index (κ1) is 12.9. The van der Waals surface area contributed by atoms with Crippen LogP contribution in [-0.2, 0) is 10.3 Å². The lowest BCUT2D eigenvalue weighted by molar-refractivity contribution is 0.255. The molecular formula is C16H19NO3. The van der Waals surface area contributed by atoms with Crippen molar-refractivity contribution in [2.75, 3.05) is 21.3 Å². The van der Waals surface area contributed by atoms with E-state index in [1.54, 1.807) is 20.3 Å². The molecule has 4 heteroatoms. The Morgan fingerprint density at radius 3 is 2.60 bits per heavy atom. The highest BCUT2D eigenvalue weighted by atomic mass is 16.5. The quantitative estimate of drug-likeness (QED) is 0.860. The van der Waals surface area contributed by atoms with Gasteiger partial charge in [0.15, 0.2) is 11.5 Å². The van der Waals surface area contributed by atoms with E-state index in [9.17, 15) is 5.11 Å². The number of phenolic OH excluding ortho intramolecular Hbond substituents is 1. The third-order valence-corrected chi connectivity index (χ3v) is 4.41. The number of ether oxygens (including phenoxy) is 2. The maximum atomic E-state index is 10.6. The molecule has 1 fully saturated rings. The maximum absolute atomic E-state index is 10.6. The second-order valence-corrected chi connectivity index (χ2v) is 5.29. The molecule has 0 bridgehead atoms. The van der Waals surface area contributed by atoms with E-state index in [0.717, 1.165) is 23.3 Å². The van der Waals surface area contributed by atoms with Gasteiger partial charge in [0.1, 0.15) is 5.54 Å². The van der Waals surface area contributed by atoms with Crippen molar-refractivity contribution in [3.05, 3.63) is 46.9 Å². The van der Waals surface area contributed by atoms with Crippen molar-refractivity contribution < 1.29 is 14.6 Å². The third-order valence-electron chi connectivity index (χ3n) is 4.41. The molecule has 2 aliphatic rings. The van der Waals surface area contributed by atoms with Crippen LogP contribution in [0.3, 0.4) is 0 Å². The molecule has 20 heavy (non-hydrogen) atoms. The van der Waals surface area contributed by atoms with E-state index < -0.39 is 0 Å². The van der Waals surface area contributed by atoms with Crippen LogP contribution in [0.1, 0.15) is 17.5 Å². The smallest absolute Gasteiger partial charge is 0.164 e. The van der Waals surface area contributed by atoms with Gasteiger partial charge in [-0.05, 0) is 30.7 Å². The molecule has 1 aliphatic carbocycles. The van der Waals surface area contributed by atoms with Crippen molar-refractivity contribution in [3.63, 3.8) is 0 Å². The summed E-state index contributed by atoms with van der Waals surface area (Å²) < 4.78 is 10.6. The van der Waals surface area contributed by atoms with Crippen LogP contribution < -0.4 is 4.74 Å². The predicted molar refractivity (Wildman–Crippen MR) is 76.6 cm³/mol. The Labute approximate surface area is 118 Å². The van der Waals surface area contributed by atoms with Crippen molar-refractivity contribution >= 4 is 0 Å². The zero-order valence-electron chi connectivity index (χ0n) is 12.2. The minimum absolute atomic E-state index is 0.222. The van der Waals surface area contributed by atoms with Gasteiger partial charge in [-0.2, -0.15) is 0 Å². The summed E-state index contributed by atoms with van der Waals surface area (Å²) >= 11 is 0. The fourth-order valence-electron chi connectivity index (χ4n) is 3.25. The van der Waals surface area contributed by atoms with E-state index in [0.29, 0.717) is 5.75 Å². The highest BCUT2D eigenvalue weighted by Crippen LogP contribution is 2.61. The molecule has 1 aliphatic heterocycles. The Kier molecular flexibility index (Phi) is 2.71. The van der Waals surface area contributed by atoms with Gasteiger partial charge >= 0.3 is 0 Å². The summed E-state index contributed by atoms with van der Waals surface area (Å²) in [5.74, 6) is 1.65. The van der Waals surface area contributed by atoms with Crippen LogP contribution in [0, 0.1) is 6.92 Å². The SMILES string of the molecule is COC1=CC=C2N(C)C2(c2c(C)ccc(OC)c2O)C1. The van der Waals surface area contributed by atoms with E-state index in [1.807, 2.05) is 26.1 Å². The first-order valence-corrected chi connectivity index (χ1v) is 6.62. The summed E-state index contributed by atoms with van der Waals surface area (Å²) in [5.41, 5.74) is 2.87. The van der Waals surface area contributed by atoms with Crippen molar-refractivity contribution in [1.82, 2.24) is 4.90 Å². The number of hydrogen-bond acceptors (Lipinski definition) is 4. The number of aryl methyl sites for hydroxylation is 1. The number of benzene rings is 1. The Hall–Kier alpha value is -2.10. The van der Waals surface area contributed by atoms with Gasteiger partial charge in [0, 0.05) is 24.7 Å². The second-order valence-electron chi connectivity index (χ2n) is 5.29. The number of allylic oxidation sites excluding steroid dienone is 2. The van der Waals surface area contributed by atoms with Gasteiger partial charge in [0.25, 0.3) is 0 Å².